The van der Waals surface area contributed by atoms with E-state index in [0.29, 0.717) is 5.69 Å². The summed E-state index contributed by atoms with van der Waals surface area (Å²) in [7, 11) is 3.59. The molecule has 3 rings (SSSR count). The molecule has 1 aromatic heterocycles. The Bertz CT molecular complexity index is 641. The van der Waals surface area contributed by atoms with Crippen molar-refractivity contribution in [2.24, 2.45) is 7.05 Å². The van der Waals surface area contributed by atoms with Crippen molar-refractivity contribution in [3.8, 4) is 0 Å². The number of para-hydroxylation sites is 1. The molecule has 6 heteroatoms. The molecule has 2 heterocycles. The van der Waals surface area contributed by atoms with Crippen molar-refractivity contribution in [2.75, 3.05) is 20.2 Å². The molecule has 1 amide bonds. The fraction of sp³-hybridized carbons (Fsp3) is 0.400. The maximum absolute atomic E-state index is 12.4. The van der Waals surface area contributed by atoms with Crippen LogP contribution in [0.4, 0.5) is 0 Å². The first kappa shape index (κ1) is 15.8. The first-order valence-corrected chi connectivity index (χ1v) is 6.79. The van der Waals surface area contributed by atoms with Gasteiger partial charge in [-0.2, -0.15) is 0 Å². The van der Waals surface area contributed by atoms with E-state index in [1.54, 1.807) is 7.11 Å². The molecule has 2 aromatic rings. The number of halogens is 1. The van der Waals surface area contributed by atoms with Crippen molar-refractivity contribution in [3.05, 3.63) is 36.0 Å². The Balaban J connectivity index is 0.00000161. The van der Waals surface area contributed by atoms with Crippen molar-refractivity contribution >= 4 is 29.2 Å². The Kier molecular flexibility index (Phi) is 4.88. The maximum Gasteiger partial charge on any atom is 0.268 e. The fourth-order valence-electron chi connectivity index (χ4n) is 2.80. The van der Waals surface area contributed by atoms with E-state index in [1.807, 2.05) is 41.9 Å². The lowest BCUT2D eigenvalue weighted by atomic mass is 10.2. The Morgan fingerprint density at radius 3 is 2.86 bits per heavy atom. The first-order valence-electron chi connectivity index (χ1n) is 6.79. The maximum atomic E-state index is 12.4. The smallest absolute Gasteiger partial charge is 0.268 e. The molecule has 0 saturated carbocycles. The number of hydrogen-bond acceptors (Lipinski definition) is 3. The molecule has 1 aromatic carbocycles. The van der Waals surface area contributed by atoms with Crippen LogP contribution in [0, 0.1) is 0 Å². The largest absolute Gasteiger partial charge is 0.378 e. The highest BCUT2D eigenvalue weighted by atomic mass is 35.5. The van der Waals surface area contributed by atoms with Crippen LogP contribution < -0.4 is 10.6 Å². The highest BCUT2D eigenvalue weighted by Gasteiger charge is 2.29. The number of aromatic nitrogens is 1. The fourth-order valence-corrected chi connectivity index (χ4v) is 2.80. The van der Waals surface area contributed by atoms with Crippen LogP contribution >= 0.6 is 12.4 Å². The van der Waals surface area contributed by atoms with E-state index < -0.39 is 0 Å². The van der Waals surface area contributed by atoms with E-state index >= 15 is 0 Å². The average Bonchev–Trinajstić information content (AvgIpc) is 3.04. The summed E-state index contributed by atoms with van der Waals surface area (Å²) in [6, 6.07) is 9.93. The lowest BCUT2D eigenvalue weighted by molar-refractivity contribution is 0.0774. The van der Waals surface area contributed by atoms with Crippen LogP contribution in [0.2, 0.25) is 0 Å². The van der Waals surface area contributed by atoms with Gasteiger partial charge in [-0.05, 0) is 12.1 Å². The van der Waals surface area contributed by atoms with Crippen LogP contribution in [0.25, 0.3) is 10.9 Å². The van der Waals surface area contributed by atoms with Gasteiger partial charge in [0, 0.05) is 38.1 Å². The van der Waals surface area contributed by atoms with Gasteiger partial charge in [0.15, 0.2) is 0 Å². The SMILES string of the molecule is CO[C@H]1CNCC1NC(=O)c1cc2ccccc2n1C.Cl. The molecular weight excluding hydrogens is 290 g/mol. The zero-order chi connectivity index (χ0) is 14.1. The third-order valence-corrected chi connectivity index (χ3v) is 3.96. The molecule has 5 nitrogen and oxygen atoms in total. The number of carbonyl (C=O) groups excluding carboxylic acids is 1. The van der Waals surface area contributed by atoms with Crippen LogP contribution in [0.15, 0.2) is 30.3 Å². The number of fused-ring (bicyclic) bond motifs is 1. The van der Waals surface area contributed by atoms with E-state index in [0.717, 1.165) is 24.0 Å². The summed E-state index contributed by atoms with van der Waals surface area (Å²) in [6.45, 7) is 1.52. The van der Waals surface area contributed by atoms with Crippen molar-refractivity contribution in [1.82, 2.24) is 15.2 Å². The summed E-state index contributed by atoms with van der Waals surface area (Å²) in [4.78, 5) is 12.4. The zero-order valence-corrected chi connectivity index (χ0v) is 12.9. The van der Waals surface area contributed by atoms with Gasteiger partial charge in [0.1, 0.15) is 5.69 Å². The number of benzene rings is 1. The first-order chi connectivity index (χ1) is 9.70. The summed E-state index contributed by atoms with van der Waals surface area (Å²) in [5.41, 5.74) is 1.73. The Labute approximate surface area is 130 Å². The van der Waals surface area contributed by atoms with Gasteiger partial charge in [-0.3, -0.25) is 4.79 Å². The van der Waals surface area contributed by atoms with Crippen LogP contribution in [0.5, 0.6) is 0 Å². The Morgan fingerprint density at radius 1 is 1.38 bits per heavy atom. The van der Waals surface area contributed by atoms with Gasteiger partial charge in [-0.1, -0.05) is 18.2 Å². The molecule has 1 unspecified atom stereocenters. The van der Waals surface area contributed by atoms with E-state index in [1.165, 1.54) is 0 Å². The van der Waals surface area contributed by atoms with Gasteiger partial charge in [-0.15, -0.1) is 12.4 Å². The minimum atomic E-state index is -0.0561. The second-order valence-electron chi connectivity index (χ2n) is 5.16. The molecule has 21 heavy (non-hydrogen) atoms. The molecule has 0 radical (unpaired) electrons. The van der Waals surface area contributed by atoms with Crippen molar-refractivity contribution in [3.63, 3.8) is 0 Å². The molecule has 0 spiro atoms. The number of methoxy groups -OCH3 is 1. The van der Waals surface area contributed by atoms with Crippen molar-refractivity contribution in [1.29, 1.82) is 0 Å². The number of rotatable bonds is 3. The molecular formula is C15H20ClN3O2. The number of ether oxygens (including phenoxy) is 1. The number of carbonyl (C=O) groups is 1. The average molecular weight is 310 g/mol. The third kappa shape index (κ3) is 2.90. The Hall–Kier alpha value is -1.56. The van der Waals surface area contributed by atoms with Crippen molar-refractivity contribution < 1.29 is 9.53 Å². The molecule has 0 aliphatic carbocycles. The van der Waals surface area contributed by atoms with Gasteiger partial charge < -0.3 is 19.9 Å². The highest BCUT2D eigenvalue weighted by molar-refractivity contribution is 5.98. The predicted molar refractivity (Wildman–Crippen MR) is 85.1 cm³/mol. The summed E-state index contributed by atoms with van der Waals surface area (Å²) in [6.07, 6.45) is 0.0358. The number of nitrogens with zero attached hydrogens (tertiary/aromatic N) is 1. The minimum absolute atomic E-state index is 0. The van der Waals surface area contributed by atoms with Crippen LogP contribution in [0.1, 0.15) is 10.5 Å². The molecule has 1 aliphatic heterocycles. The molecule has 1 fully saturated rings. The topological polar surface area (TPSA) is 55.3 Å². The molecule has 2 N–H and O–H groups in total. The van der Waals surface area contributed by atoms with Gasteiger partial charge in [-0.25, -0.2) is 0 Å². The number of aryl methyl sites for hydroxylation is 1. The quantitative estimate of drug-likeness (QED) is 0.899. The van der Waals surface area contributed by atoms with E-state index in [-0.39, 0.29) is 30.5 Å². The van der Waals surface area contributed by atoms with Gasteiger partial charge in [0.25, 0.3) is 5.91 Å². The van der Waals surface area contributed by atoms with Gasteiger partial charge in [0.05, 0.1) is 12.1 Å². The zero-order valence-electron chi connectivity index (χ0n) is 12.1. The number of hydrogen-bond donors (Lipinski definition) is 2. The second kappa shape index (κ2) is 6.47. The van der Waals surface area contributed by atoms with E-state index in [2.05, 4.69) is 10.6 Å². The molecule has 2 atom stereocenters. The normalized spacial score (nSPS) is 21.2. The predicted octanol–water partition coefficient (Wildman–Crippen LogP) is 1.32. The van der Waals surface area contributed by atoms with Gasteiger partial charge in [0.2, 0.25) is 0 Å². The molecule has 114 valence electrons. The lowest BCUT2D eigenvalue weighted by Gasteiger charge is -2.18. The lowest BCUT2D eigenvalue weighted by Crippen LogP contribution is -2.44. The summed E-state index contributed by atoms with van der Waals surface area (Å²) < 4.78 is 7.29. The van der Waals surface area contributed by atoms with E-state index in [4.69, 9.17) is 4.74 Å². The number of amides is 1. The molecule has 0 bridgehead atoms. The van der Waals surface area contributed by atoms with Crippen LogP contribution in [0.3, 0.4) is 0 Å². The van der Waals surface area contributed by atoms with Crippen LogP contribution in [-0.2, 0) is 11.8 Å². The van der Waals surface area contributed by atoms with Gasteiger partial charge >= 0.3 is 0 Å². The highest BCUT2D eigenvalue weighted by Crippen LogP contribution is 2.18. The van der Waals surface area contributed by atoms with E-state index in [9.17, 15) is 4.79 Å². The summed E-state index contributed by atoms with van der Waals surface area (Å²) >= 11 is 0. The Morgan fingerprint density at radius 2 is 2.14 bits per heavy atom. The standard InChI is InChI=1S/C15H19N3O2.ClH/c1-18-12-6-4-3-5-10(12)7-13(18)15(19)17-11-8-16-9-14(11)20-2;/h3-7,11,14,16H,8-9H2,1-2H3,(H,17,19);1H/t11?,14-;/m0./s1. The van der Waals surface area contributed by atoms with Crippen molar-refractivity contribution in [2.45, 2.75) is 12.1 Å². The molecule has 1 aliphatic rings. The minimum Gasteiger partial charge on any atom is -0.378 e. The second-order valence-corrected chi connectivity index (χ2v) is 5.16. The number of nitrogens with one attached hydrogen (secondary N) is 2. The summed E-state index contributed by atoms with van der Waals surface area (Å²) in [5, 5.41) is 7.35. The monoisotopic (exact) mass is 309 g/mol. The van der Waals surface area contributed by atoms with Crippen LogP contribution in [-0.4, -0.2) is 42.8 Å². The molecule has 1 saturated heterocycles. The summed E-state index contributed by atoms with van der Waals surface area (Å²) in [5.74, 6) is -0.0561. The third-order valence-electron chi connectivity index (χ3n) is 3.96.